The molecule has 2 N–H and O–H groups in total. The van der Waals surface area contributed by atoms with E-state index in [9.17, 15) is 9.18 Å². The van der Waals surface area contributed by atoms with Gasteiger partial charge < -0.3 is 5.73 Å². The van der Waals surface area contributed by atoms with Gasteiger partial charge in [0.15, 0.2) is 0 Å². The third-order valence-corrected chi connectivity index (χ3v) is 4.08. The van der Waals surface area contributed by atoms with Gasteiger partial charge in [-0.2, -0.15) is 0 Å². The molecule has 0 atom stereocenters. The van der Waals surface area contributed by atoms with Gasteiger partial charge in [0.1, 0.15) is 11.6 Å². The van der Waals surface area contributed by atoms with Gasteiger partial charge in [0.05, 0.1) is 10.9 Å². The normalized spacial score (nSPS) is 15.3. The number of nitrogen functional groups attached to an aromatic ring is 1. The van der Waals surface area contributed by atoms with Gasteiger partial charge in [0.25, 0.3) is 5.56 Å². The summed E-state index contributed by atoms with van der Waals surface area (Å²) in [5.74, 6) is 0.411. The molecule has 0 bridgehead atoms. The highest BCUT2D eigenvalue weighted by Crippen LogP contribution is 2.27. The fraction of sp³-hybridized carbons (Fsp3) is 0.111. The van der Waals surface area contributed by atoms with Crippen LogP contribution in [0.2, 0.25) is 0 Å². The van der Waals surface area contributed by atoms with Crippen molar-refractivity contribution in [2.75, 3.05) is 5.73 Å². The summed E-state index contributed by atoms with van der Waals surface area (Å²) in [5, 5.41) is 0.539. The van der Waals surface area contributed by atoms with Crippen LogP contribution in [0.15, 0.2) is 47.3 Å². The molecule has 1 aliphatic rings. The summed E-state index contributed by atoms with van der Waals surface area (Å²) in [6.07, 6.45) is 2.68. The standard InChI is InChI=1S/C18H14FN3O/c19-13-3-1-11(2-4-13)9-12-7-8-22-17(12)21-16-6-5-14(20)10-15(16)18(22)23/h1-6,9-10H,7-8,20H2. The summed E-state index contributed by atoms with van der Waals surface area (Å²) < 4.78 is 14.7. The molecule has 4 nitrogen and oxygen atoms in total. The average molecular weight is 307 g/mol. The Balaban J connectivity index is 1.88. The van der Waals surface area contributed by atoms with E-state index in [0.717, 1.165) is 17.6 Å². The molecule has 4 rings (SSSR count). The zero-order valence-corrected chi connectivity index (χ0v) is 12.3. The van der Waals surface area contributed by atoms with Gasteiger partial charge in [-0.3, -0.25) is 9.36 Å². The largest absolute Gasteiger partial charge is 0.399 e. The predicted molar refractivity (Wildman–Crippen MR) is 89.3 cm³/mol. The average Bonchev–Trinajstić information content (AvgIpc) is 2.94. The van der Waals surface area contributed by atoms with Gasteiger partial charge in [-0.05, 0) is 54.0 Å². The van der Waals surface area contributed by atoms with Gasteiger partial charge in [0.2, 0.25) is 0 Å². The maximum absolute atomic E-state index is 13.0. The Kier molecular flexibility index (Phi) is 3.01. The van der Waals surface area contributed by atoms with Gasteiger partial charge >= 0.3 is 0 Å². The minimum Gasteiger partial charge on any atom is -0.399 e. The van der Waals surface area contributed by atoms with E-state index in [0.29, 0.717) is 29.0 Å². The van der Waals surface area contributed by atoms with E-state index in [1.54, 1.807) is 34.9 Å². The summed E-state index contributed by atoms with van der Waals surface area (Å²) in [4.78, 5) is 17.2. The fourth-order valence-electron chi connectivity index (χ4n) is 2.93. The highest BCUT2D eigenvalue weighted by molar-refractivity contribution is 5.86. The van der Waals surface area contributed by atoms with Crippen LogP contribution in [0.1, 0.15) is 17.8 Å². The van der Waals surface area contributed by atoms with Crippen molar-refractivity contribution in [3.8, 4) is 0 Å². The Bertz CT molecular complexity index is 1000. The Labute approximate surface area is 131 Å². The molecular weight excluding hydrogens is 293 g/mol. The van der Waals surface area contributed by atoms with Crippen LogP contribution >= 0.6 is 0 Å². The van der Waals surface area contributed by atoms with Crippen molar-refractivity contribution in [1.82, 2.24) is 9.55 Å². The third-order valence-electron chi connectivity index (χ3n) is 4.08. The van der Waals surface area contributed by atoms with Crippen LogP contribution in [0.25, 0.3) is 22.6 Å². The van der Waals surface area contributed by atoms with Crippen LogP contribution in [0.3, 0.4) is 0 Å². The zero-order valence-electron chi connectivity index (χ0n) is 12.3. The number of halogens is 1. The second kappa shape index (κ2) is 5.05. The van der Waals surface area contributed by atoms with E-state index in [4.69, 9.17) is 5.73 Å². The first-order valence-electron chi connectivity index (χ1n) is 7.38. The monoisotopic (exact) mass is 307 g/mol. The molecule has 3 aromatic rings. The Morgan fingerprint density at radius 1 is 1.17 bits per heavy atom. The lowest BCUT2D eigenvalue weighted by Crippen LogP contribution is -2.20. The van der Waals surface area contributed by atoms with Crippen molar-refractivity contribution in [3.05, 3.63) is 70.0 Å². The third kappa shape index (κ3) is 2.30. The number of hydrogen-bond donors (Lipinski definition) is 1. The van der Waals surface area contributed by atoms with Crippen LogP contribution in [-0.2, 0) is 6.54 Å². The first-order chi connectivity index (χ1) is 11.1. The predicted octanol–water partition coefficient (Wildman–Crippen LogP) is 3.06. The van der Waals surface area contributed by atoms with Crippen molar-refractivity contribution in [2.45, 2.75) is 13.0 Å². The van der Waals surface area contributed by atoms with Crippen molar-refractivity contribution in [1.29, 1.82) is 0 Å². The van der Waals surface area contributed by atoms with E-state index in [1.165, 1.54) is 12.1 Å². The van der Waals surface area contributed by atoms with Crippen LogP contribution in [-0.4, -0.2) is 9.55 Å². The second-order valence-corrected chi connectivity index (χ2v) is 5.64. The van der Waals surface area contributed by atoms with Crippen molar-refractivity contribution in [3.63, 3.8) is 0 Å². The minimum absolute atomic E-state index is 0.0696. The molecule has 0 saturated carbocycles. The number of fused-ring (bicyclic) bond motifs is 2. The smallest absolute Gasteiger partial charge is 0.261 e. The fourth-order valence-corrected chi connectivity index (χ4v) is 2.93. The van der Waals surface area contributed by atoms with Crippen LogP contribution < -0.4 is 11.3 Å². The highest BCUT2D eigenvalue weighted by Gasteiger charge is 2.20. The van der Waals surface area contributed by atoms with Gasteiger partial charge in [-0.25, -0.2) is 9.37 Å². The Morgan fingerprint density at radius 2 is 1.96 bits per heavy atom. The van der Waals surface area contributed by atoms with E-state index in [1.807, 2.05) is 6.08 Å². The Morgan fingerprint density at radius 3 is 2.74 bits per heavy atom. The topological polar surface area (TPSA) is 60.9 Å². The number of rotatable bonds is 1. The number of allylic oxidation sites excluding steroid dienone is 1. The van der Waals surface area contributed by atoms with Crippen LogP contribution in [0.5, 0.6) is 0 Å². The molecular formula is C18H14FN3O. The zero-order chi connectivity index (χ0) is 16.0. The number of nitrogens with zero attached hydrogens (tertiary/aromatic N) is 2. The molecule has 5 heteroatoms. The highest BCUT2D eigenvalue weighted by atomic mass is 19.1. The molecule has 1 aromatic heterocycles. The lowest BCUT2D eigenvalue weighted by Gasteiger charge is -2.06. The molecule has 0 aliphatic carbocycles. The number of anilines is 1. The molecule has 23 heavy (non-hydrogen) atoms. The number of benzene rings is 2. The van der Waals surface area contributed by atoms with E-state index in [-0.39, 0.29) is 11.4 Å². The lowest BCUT2D eigenvalue weighted by molar-refractivity contribution is 0.628. The van der Waals surface area contributed by atoms with Gasteiger partial charge in [0, 0.05) is 12.2 Å². The van der Waals surface area contributed by atoms with E-state index in [2.05, 4.69) is 4.98 Å². The maximum atomic E-state index is 13.0. The first kappa shape index (κ1) is 13.7. The molecule has 2 heterocycles. The quantitative estimate of drug-likeness (QED) is 0.703. The SMILES string of the molecule is Nc1ccc2nc3n(c(=O)c2c1)CCC3=Cc1ccc(F)cc1. The number of nitrogens with two attached hydrogens (primary N) is 1. The Hall–Kier alpha value is -2.95. The minimum atomic E-state index is -0.267. The molecule has 0 amide bonds. The molecule has 0 saturated heterocycles. The first-order valence-corrected chi connectivity index (χ1v) is 7.38. The van der Waals surface area contributed by atoms with Crippen molar-refractivity contribution in [2.24, 2.45) is 0 Å². The summed E-state index contributed by atoms with van der Waals surface area (Å²) in [6, 6.07) is 11.4. The summed E-state index contributed by atoms with van der Waals surface area (Å²) in [5.41, 5.74) is 8.76. The van der Waals surface area contributed by atoms with Crippen LogP contribution in [0.4, 0.5) is 10.1 Å². The number of hydrogen-bond acceptors (Lipinski definition) is 3. The summed E-state index contributed by atoms with van der Waals surface area (Å²) in [6.45, 7) is 0.596. The van der Waals surface area contributed by atoms with E-state index >= 15 is 0 Å². The molecule has 1 aliphatic heterocycles. The lowest BCUT2D eigenvalue weighted by atomic mass is 10.1. The molecule has 0 spiro atoms. The van der Waals surface area contributed by atoms with E-state index < -0.39 is 0 Å². The molecule has 0 fully saturated rings. The van der Waals surface area contributed by atoms with Gasteiger partial charge in [-0.15, -0.1) is 0 Å². The van der Waals surface area contributed by atoms with Crippen molar-refractivity contribution >= 4 is 28.2 Å². The maximum Gasteiger partial charge on any atom is 0.261 e. The summed E-state index contributed by atoms with van der Waals surface area (Å²) >= 11 is 0. The van der Waals surface area contributed by atoms with Crippen molar-refractivity contribution < 1.29 is 4.39 Å². The second-order valence-electron chi connectivity index (χ2n) is 5.64. The summed E-state index contributed by atoms with van der Waals surface area (Å²) in [7, 11) is 0. The molecule has 114 valence electrons. The molecule has 0 radical (unpaired) electrons. The molecule has 0 unspecified atom stereocenters. The van der Waals surface area contributed by atoms with Gasteiger partial charge in [-0.1, -0.05) is 12.1 Å². The van der Waals surface area contributed by atoms with Crippen LogP contribution in [0, 0.1) is 5.82 Å². The number of aromatic nitrogens is 2. The molecule has 2 aromatic carbocycles.